The lowest BCUT2D eigenvalue weighted by Crippen LogP contribution is -2.33. The Bertz CT molecular complexity index is 808. The molecule has 1 aliphatic rings. The number of carbonyl (C=O) groups is 2. The Morgan fingerprint density at radius 2 is 2.00 bits per heavy atom. The standard InChI is InChI=1S/C20H26N4O2/c1-13(2)15-5-7-17(8-6-15)24-12-16(10-19(24)25)20(26)21-11-18-9-14(3)22-23(18)4/h5-9,13,16H,10-12H2,1-4H3,(H,21,26)/t16-/m1/s1. The molecule has 1 aromatic heterocycles. The van der Waals surface area contributed by atoms with E-state index >= 15 is 0 Å². The quantitative estimate of drug-likeness (QED) is 0.897. The van der Waals surface area contributed by atoms with E-state index in [0.717, 1.165) is 17.1 Å². The van der Waals surface area contributed by atoms with E-state index in [1.165, 1.54) is 5.56 Å². The van der Waals surface area contributed by atoms with Gasteiger partial charge >= 0.3 is 0 Å². The Morgan fingerprint density at radius 3 is 2.58 bits per heavy atom. The number of hydrogen-bond donors (Lipinski definition) is 1. The first-order valence-electron chi connectivity index (χ1n) is 9.02. The molecule has 1 saturated heterocycles. The lowest BCUT2D eigenvalue weighted by Gasteiger charge is -2.17. The molecule has 1 fully saturated rings. The number of aryl methyl sites for hydroxylation is 2. The number of aromatic nitrogens is 2. The van der Waals surface area contributed by atoms with Gasteiger partial charge in [0.05, 0.1) is 23.9 Å². The third-order valence-corrected chi connectivity index (χ3v) is 4.91. The Morgan fingerprint density at radius 1 is 1.31 bits per heavy atom. The molecule has 0 bridgehead atoms. The molecule has 0 aliphatic carbocycles. The Hall–Kier alpha value is -2.63. The second kappa shape index (κ2) is 7.32. The van der Waals surface area contributed by atoms with Gasteiger partial charge in [-0.15, -0.1) is 0 Å². The van der Waals surface area contributed by atoms with Crippen molar-refractivity contribution in [3.05, 3.63) is 47.3 Å². The first-order chi connectivity index (χ1) is 12.3. The maximum atomic E-state index is 12.5. The Labute approximate surface area is 154 Å². The highest BCUT2D eigenvalue weighted by atomic mass is 16.2. The van der Waals surface area contributed by atoms with Crippen molar-refractivity contribution in [2.75, 3.05) is 11.4 Å². The summed E-state index contributed by atoms with van der Waals surface area (Å²) in [6.45, 7) is 7.05. The van der Waals surface area contributed by atoms with Gasteiger partial charge in [-0.1, -0.05) is 26.0 Å². The van der Waals surface area contributed by atoms with Crippen molar-refractivity contribution >= 4 is 17.5 Å². The highest BCUT2D eigenvalue weighted by Crippen LogP contribution is 2.27. The van der Waals surface area contributed by atoms with Crippen LogP contribution in [0.5, 0.6) is 0 Å². The number of carbonyl (C=O) groups excluding carboxylic acids is 2. The van der Waals surface area contributed by atoms with E-state index in [9.17, 15) is 9.59 Å². The molecule has 6 nitrogen and oxygen atoms in total. The van der Waals surface area contributed by atoms with Crippen LogP contribution in [0.3, 0.4) is 0 Å². The van der Waals surface area contributed by atoms with Crippen molar-refractivity contribution < 1.29 is 9.59 Å². The summed E-state index contributed by atoms with van der Waals surface area (Å²) in [5, 5.41) is 7.21. The molecular weight excluding hydrogens is 328 g/mol. The summed E-state index contributed by atoms with van der Waals surface area (Å²) >= 11 is 0. The molecule has 2 aromatic rings. The number of nitrogens with zero attached hydrogens (tertiary/aromatic N) is 3. The van der Waals surface area contributed by atoms with Gasteiger partial charge in [0.15, 0.2) is 0 Å². The number of anilines is 1. The van der Waals surface area contributed by atoms with Gasteiger partial charge in [-0.25, -0.2) is 0 Å². The summed E-state index contributed by atoms with van der Waals surface area (Å²) in [5.74, 6) is 0.0476. The number of amides is 2. The van der Waals surface area contributed by atoms with Crippen molar-refractivity contribution in [3.63, 3.8) is 0 Å². The second-order valence-electron chi connectivity index (χ2n) is 7.27. The molecule has 1 N–H and O–H groups in total. The normalized spacial score (nSPS) is 17.2. The molecule has 2 heterocycles. The van der Waals surface area contributed by atoms with Gasteiger partial charge in [0.2, 0.25) is 11.8 Å². The summed E-state index contributed by atoms with van der Waals surface area (Å²) in [5.41, 5.74) is 3.96. The fourth-order valence-corrected chi connectivity index (χ4v) is 3.32. The van der Waals surface area contributed by atoms with Gasteiger partial charge in [0.1, 0.15) is 0 Å². The fourth-order valence-electron chi connectivity index (χ4n) is 3.32. The largest absolute Gasteiger partial charge is 0.350 e. The van der Waals surface area contributed by atoms with Crippen LogP contribution in [0.4, 0.5) is 5.69 Å². The highest BCUT2D eigenvalue weighted by molar-refractivity contribution is 6.00. The van der Waals surface area contributed by atoms with Crippen molar-refractivity contribution in [1.29, 1.82) is 0 Å². The van der Waals surface area contributed by atoms with Crippen LogP contribution in [-0.2, 0) is 23.2 Å². The van der Waals surface area contributed by atoms with Crippen LogP contribution in [-0.4, -0.2) is 28.1 Å². The number of nitrogens with one attached hydrogen (secondary N) is 1. The molecule has 3 rings (SSSR count). The van der Waals surface area contributed by atoms with Gasteiger partial charge in [0, 0.05) is 25.7 Å². The topological polar surface area (TPSA) is 67.2 Å². The van der Waals surface area contributed by atoms with E-state index in [0.29, 0.717) is 19.0 Å². The van der Waals surface area contributed by atoms with Gasteiger partial charge in [-0.05, 0) is 36.6 Å². The number of benzene rings is 1. The van der Waals surface area contributed by atoms with Gasteiger partial charge in [0.25, 0.3) is 0 Å². The molecule has 0 saturated carbocycles. The first-order valence-corrected chi connectivity index (χ1v) is 9.02. The van der Waals surface area contributed by atoms with Crippen molar-refractivity contribution in [1.82, 2.24) is 15.1 Å². The fraction of sp³-hybridized carbons (Fsp3) is 0.450. The Balaban J connectivity index is 1.61. The summed E-state index contributed by atoms with van der Waals surface area (Å²) in [6, 6.07) is 9.97. The average Bonchev–Trinajstić information content (AvgIpc) is 3.14. The smallest absolute Gasteiger partial charge is 0.227 e. The lowest BCUT2D eigenvalue weighted by atomic mass is 10.0. The third kappa shape index (κ3) is 3.79. The molecule has 1 aromatic carbocycles. The van der Waals surface area contributed by atoms with Crippen LogP contribution in [0.1, 0.15) is 43.1 Å². The molecule has 0 unspecified atom stereocenters. The average molecular weight is 354 g/mol. The Kier molecular flexibility index (Phi) is 5.11. The number of hydrogen-bond acceptors (Lipinski definition) is 3. The molecular formula is C20H26N4O2. The molecule has 138 valence electrons. The van der Waals surface area contributed by atoms with Crippen molar-refractivity contribution in [2.24, 2.45) is 13.0 Å². The minimum Gasteiger partial charge on any atom is -0.350 e. The van der Waals surface area contributed by atoms with Gasteiger partial charge in [-0.3, -0.25) is 14.3 Å². The van der Waals surface area contributed by atoms with E-state index in [-0.39, 0.29) is 24.2 Å². The molecule has 0 spiro atoms. The first kappa shape index (κ1) is 18.2. The van der Waals surface area contributed by atoms with E-state index in [1.807, 2.05) is 44.3 Å². The van der Waals surface area contributed by atoms with E-state index < -0.39 is 0 Å². The van der Waals surface area contributed by atoms with Crippen LogP contribution in [0.15, 0.2) is 30.3 Å². The molecule has 0 radical (unpaired) electrons. The predicted molar refractivity (Wildman–Crippen MR) is 101 cm³/mol. The van der Waals surface area contributed by atoms with Crippen LogP contribution in [0, 0.1) is 12.8 Å². The van der Waals surface area contributed by atoms with Gasteiger partial charge < -0.3 is 10.2 Å². The molecule has 26 heavy (non-hydrogen) atoms. The predicted octanol–water partition coefficient (Wildman–Crippen LogP) is 2.52. The van der Waals surface area contributed by atoms with Crippen LogP contribution < -0.4 is 10.2 Å². The zero-order valence-electron chi connectivity index (χ0n) is 15.8. The summed E-state index contributed by atoms with van der Waals surface area (Å²) < 4.78 is 1.76. The van der Waals surface area contributed by atoms with Gasteiger partial charge in [-0.2, -0.15) is 5.10 Å². The van der Waals surface area contributed by atoms with E-state index in [1.54, 1.807) is 9.58 Å². The highest BCUT2D eigenvalue weighted by Gasteiger charge is 2.35. The monoisotopic (exact) mass is 354 g/mol. The zero-order chi connectivity index (χ0) is 18.8. The minimum absolute atomic E-state index is 0.00109. The SMILES string of the molecule is Cc1cc(CNC(=O)[C@@H]2CC(=O)N(c3ccc(C(C)C)cc3)C2)n(C)n1. The van der Waals surface area contributed by atoms with E-state index in [4.69, 9.17) is 0 Å². The van der Waals surface area contributed by atoms with Crippen LogP contribution in [0.25, 0.3) is 0 Å². The van der Waals surface area contributed by atoms with Crippen LogP contribution >= 0.6 is 0 Å². The van der Waals surface area contributed by atoms with Crippen LogP contribution in [0.2, 0.25) is 0 Å². The molecule has 2 amide bonds. The molecule has 1 atom stereocenters. The second-order valence-corrected chi connectivity index (χ2v) is 7.27. The molecule has 1 aliphatic heterocycles. The minimum atomic E-state index is -0.318. The zero-order valence-corrected chi connectivity index (χ0v) is 15.8. The summed E-state index contributed by atoms with van der Waals surface area (Å²) in [6.07, 6.45) is 0.252. The van der Waals surface area contributed by atoms with E-state index in [2.05, 4.69) is 24.3 Å². The molecule has 6 heteroatoms. The lowest BCUT2D eigenvalue weighted by molar-refractivity contribution is -0.126. The number of rotatable bonds is 5. The summed E-state index contributed by atoms with van der Waals surface area (Å²) in [4.78, 5) is 26.6. The van der Waals surface area contributed by atoms with Crippen molar-refractivity contribution in [3.8, 4) is 0 Å². The maximum Gasteiger partial charge on any atom is 0.227 e. The third-order valence-electron chi connectivity index (χ3n) is 4.91. The summed E-state index contributed by atoms with van der Waals surface area (Å²) in [7, 11) is 1.86. The van der Waals surface area contributed by atoms with Crippen molar-refractivity contribution in [2.45, 2.75) is 39.7 Å². The maximum absolute atomic E-state index is 12.5.